The van der Waals surface area contributed by atoms with Crippen LogP contribution in [0.25, 0.3) is 0 Å². The second-order valence-corrected chi connectivity index (χ2v) is 5.37. The van der Waals surface area contributed by atoms with E-state index in [9.17, 15) is 0 Å². The van der Waals surface area contributed by atoms with Gasteiger partial charge in [-0.05, 0) is 26.0 Å². The highest BCUT2D eigenvalue weighted by Crippen LogP contribution is 2.33. The van der Waals surface area contributed by atoms with Crippen LogP contribution in [0.3, 0.4) is 0 Å². The molecule has 2 aromatic carbocycles. The van der Waals surface area contributed by atoms with Crippen LogP contribution in [-0.4, -0.2) is 19.4 Å². The van der Waals surface area contributed by atoms with Crippen molar-refractivity contribution in [3.8, 4) is 17.6 Å². The van der Waals surface area contributed by atoms with Gasteiger partial charge in [-0.2, -0.15) is 5.26 Å². The number of hydrogen-bond donors (Lipinski definition) is 0. The van der Waals surface area contributed by atoms with Crippen LogP contribution in [0.1, 0.15) is 30.5 Å². The van der Waals surface area contributed by atoms with E-state index in [0.717, 1.165) is 5.56 Å². The first kappa shape index (κ1) is 18.6. The van der Waals surface area contributed by atoms with E-state index in [2.05, 4.69) is 11.2 Å². The van der Waals surface area contributed by atoms with Gasteiger partial charge in [0.05, 0.1) is 36.1 Å². The van der Waals surface area contributed by atoms with E-state index in [1.165, 1.54) is 6.21 Å². The molecule has 0 N–H and O–H groups in total. The van der Waals surface area contributed by atoms with Crippen molar-refractivity contribution >= 4 is 17.8 Å². The Labute approximate surface area is 152 Å². The first-order valence-electron chi connectivity index (χ1n) is 7.92. The van der Waals surface area contributed by atoms with Crippen LogP contribution in [0, 0.1) is 11.3 Å². The number of benzene rings is 2. The van der Waals surface area contributed by atoms with Crippen molar-refractivity contribution in [1.29, 1.82) is 5.26 Å². The predicted octanol–water partition coefficient (Wildman–Crippen LogP) is 4.56. The number of oxime groups is 1. The van der Waals surface area contributed by atoms with E-state index >= 15 is 0 Å². The third kappa shape index (κ3) is 5.13. The maximum absolute atomic E-state index is 9.05. The molecule has 0 unspecified atom stereocenters. The molecule has 0 bridgehead atoms. The third-order valence-electron chi connectivity index (χ3n) is 3.29. The molecule has 0 atom stereocenters. The molecule has 130 valence electrons. The fourth-order valence-corrected chi connectivity index (χ4v) is 2.34. The highest BCUT2D eigenvalue weighted by molar-refractivity contribution is 6.33. The standard InChI is InChI=1S/C19H19ClN2O3/c1-3-23-18-9-16(17(20)10-19(18)24-4-2)12-22-25-13-15-8-6-5-7-14(15)11-21/h5-10,12H,3-4,13H2,1-2H3/b22-12-. The summed E-state index contributed by atoms with van der Waals surface area (Å²) in [7, 11) is 0. The van der Waals surface area contributed by atoms with Gasteiger partial charge in [0.15, 0.2) is 11.5 Å². The Hall–Kier alpha value is -2.71. The quantitative estimate of drug-likeness (QED) is 0.512. The minimum absolute atomic E-state index is 0.202. The lowest BCUT2D eigenvalue weighted by Crippen LogP contribution is -2.00. The van der Waals surface area contributed by atoms with Gasteiger partial charge in [0.25, 0.3) is 0 Å². The van der Waals surface area contributed by atoms with Gasteiger partial charge >= 0.3 is 0 Å². The summed E-state index contributed by atoms with van der Waals surface area (Å²) >= 11 is 6.26. The smallest absolute Gasteiger partial charge is 0.162 e. The van der Waals surface area contributed by atoms with Gasteiger partial charge < -0.3 is 14.3 Å². The summed E-state index contributed by atoms with van der Waals surface area (Å²) in [5.41, 5.74) is 1.99. The molecule has 0 radical (unpaired) electrons. The number of halogens is 1. The van der Waals surface area contributed by atoms with Crippen molar-refractivity contribution in [2.75, 3.05) is 13.2 Å². The fraction of sp³-hybridized carbons (Fsp3) is 0.263. The number of nitrogens with zero attached hydrogens (tertiary/aromatic N) is 2. The molecule has 0 amide bonds. The second kappa shape index (κ2) is 9.55. The van der Waals surface area contributed by atoms with Crippen molar-refractivity contribution in [3.05, 3.63) is 58.1 Å². The summed E-state index contributed by atoms with van der Waals surface area (Å²) < 4.78 is 11.1. The van der Waals surface area contributed by atoms with Gasteiger partial charge in [0, 0.05) is 17.2 Å². The van der Waals surface area contributed by atoms with Gasteiger partial charge in [0.1, 0.15) is 6.61 Å². The van der Waals surface area contributed by atoms with Crippen molar-refractivity contribution in [1.82, 2.24) is 0 Å². The van der Waals surface area contributed by atoms with Gasteiger partial charge in [-0.15, -0.1) is 0 Å². The number of hydrogen-bond acceptors (Lipinski definition) is 5. The predicted molar refractivity (Wildman–Crippen MR) is 97.3 cm³/mol. The average Bonchev–Trinajstić information content (AvgIpc) is 2.62. The SMILES string of the molecule is CCOc1cc(Cl)c(/C=N\OCc2ccccc2C#N)cc1OCC. The van der Waals surface area contributed by atoms with E-state index in [4.69, 9.17) is 31.2 Å². The summed E-state index contributed by atoms with van der Waals surface area (Å²) in [6, 6.07) is 12.8. The summed E-state index contributed by atoms with van der Waals surface area (Å²) in [5.74, 6) is 1.19. The zero-order valence-corrected chi connectivity index (χ0v) is 14.9. The van der Waals surface area contributed by atoms with Crippen LogP contribution in [0.5, 0.6) is 11.5 Å². The molecule has 0 saturated heterocycles. The molecule has 0 aliphatic heterocycles. The fourth-order valence-electron chi connectivity index (χ4n) is 2.14. The average molecular weight is 359 g/mol. The molecular weight excluding hydrogens is 340 g/mol. The van der Waals surface area contributed by atoms with Crippen LogP contribution in [0.2, 0.25) is 5.02 Å². The van der Waals surface area contributed by atoms with Crippen LogP contribution in [-0.2, 0) is 11.4 Å². The molecule has 0 heterocycles. The van der Waals surface area contributed by atoms with Gasteiger partial charge in [-0.3, -0.25) is 0 Å². The Morgan fingerprint density at radius 2 is 1.80 bits per heavy atom. The Morgan fingerprint density at radius 1 is 1.12 bits per heavy atom. The summed E-state index contributed by atoms with van der Waals surface area (Å²) in [4.78, 5) is 5.29. The summed E-state index contributed by atoms with van der Waals surface area (Å²) in [5, 5.41) is 13.5. The van der Waals surface area contributed by atoms with Crippen LogP contribution < -0.4 is 9.47 Å². The lowest BCUT2D eigenvalue weighted by molar-refractivity contribution is 0.132. The molecule has 2 aromatic rings. The van der Waals surface area contributed by atoms with Gasteiger partial charge in [0.2, 0.25) is 0 Å². The zero-order valence-electron chi connectivity index (χ0n) is 14.2. The van der Waals surface area contributed by atoms with Crippen molar-refractivity contribution in [3.63, 3.8) is 0 Å². The first-order chi connectivity index (χ1) is 12.2. The maximum Gasteiger partial charge on any atom is 0.162 e. The summed E-state index contributed by atoms with van der Waals surface area (Å²) in [6.45, 7) is 5.03. The van der Waals surface area contributed by atoms with E-state index in [-0.39, 0.29) is 6.61 Å². The van der Waals surface area contributed by atoms with Crippen molar-refractivity contribution in [2.45, 2.75) is 20.5 Å². The molecule has 0 aromatic heterocycles. The molecule has 0 spiro atoms. The Morgan fingerprint density at radius 3 is 2.48 bits per heavy atom. The number of nitriles is 1. The van der Waals surface area contributed by atoms with Crippen molar-refractivity contribution < 1.29 is 14.3 Å². The normalized spacial score (nSPS) is 10.5. The molecule has 2 rings (SSSR count). The molecular formula is C19H19ClN2O3. The largest absolute Gasteiger partial charge is 0.490 e. The minimum Gasteiger partial charge on any atom is -0.490 e. The van der Waals surface area contributed by atoms with Crippen LogP contribution >= 0.6 is 11.6 Å². The van der Waals surface area contributed by atoms with E-state index in [0.29, 0.717) is 40.9 Å². The van der Waals surface area contributed by atoms with E-state index in [1.807, 2.05) is 26.0 Å². The van der Waals surface area contributed by atoms with Gasteiger partial charge in [-0.25, -0.2) is 0 Å². The second-order valence-electron chi connectivity index (χ2n) is 4.96. The lowest BCUT2D eigenvalue weighted by atomic mass is 10.1. The zero-order chi connectivity index (χ0) is 18.1. The van der Waals surface area contributed by atoms with Crippen LogP contribution in [0.15, 0.2) is 41.6 Å². The molecule has 6 heteroatoms. The molecule has 5 nitrogen and oxygen atoms in total. The molecule has 25 heavy (non-hydrogen) atoms. The molecule has 0 aliphatic rings. The maximum atomic E-state index is 9.05. The Kier molecular flexibility index (Phi) is 7.12. The molecule has 0 saturated carbocycles. The topological polar surface area (TPSA) is 63.8 Å². The van der Waals surface area contributed by atoms with Crippen LogP contribution in [0.4, 0.5) is 0 Å². The molecule has 0 fully saturated rings. The van der Waals surface area contributed by atoms with E-state index in [1.54, 1.807) is 24.3 Å². The summed E-state index contributed by atoms with van der Waals surface area (Å²) in [6.07, 6.45) is 1.51. The third-order valence-corrected chi connectivity index (χ3v) is 3.61. The monoisotopic (exact) mass is 358 g/mol. The van der Waals surface area contributed by atoms with E-state index < -0.39 is 0 Å². The molecule has 0 aliphatic carbocycles. The Balaban J connectivity index is 2.10. The first-order valence-corrected chi connectivity index (χ1v) is 8.29. The minimum atomic E-state index is 0.202. The highest BCUT2D eigenvalue weighted by Gasteiger charge is 2.10. The lowest BCUT2D eigenvalue weighted by Gasteiger charge is -2.12. The van der Waals surface area contributed by atoms with Gasteiger partial charge in [-0.1, -0.05) is 35.0 Å². The highest BCUT2D eigenvalue weighted by atomic mass is 35.5. The Bertz CT molecular complexity index is 785. The number of rotatable bonds is 8. The van der Waals surface area contributed by atoms with Crippen molar-refractivity contribution in [2.24, 2.45) is 5.16 Å². The number of ether oxygens (including phenoxy) is 2.